The van der Waals surface area contributed by atoms with Gasteiger partial charge in [0.2, 0.25) is 0 Å². The Morgan fingerprint density at radius 3 is 2.55 bits per heavy atom. The van der Waals surface area contributed by atoms with E-state index >= 15 is 4.39 Å². The van der Waals surface area contributed by atoms with Crippen molar-refractivity contribution in [1.29, 1.82) is 0 Å². The van der Waals surface area contributed by atoms with Gasteiger partial charge in [-0.1, -0.05) is 37.8 Å². The second kappa shape index (κ2) is 7.63. The van der Waals surface area contributed by atoms with Gasteiger partial charge >= 0.3 is 0 Å². The number of carbonyl (C=O) groups is 1. The zero-order valence-corrected chi connectivity index (χ0v) is 20.8. The Morgan fingerprint density at radius 2 is 1.84 bits per heavy atom. The van der Waals surface area contributed by atoms with E-state index in [1.54, 1.807) is 12.2 Å². The highest BCUT2D eigenvalue weighted by Gasteiger charge is 2.73. The summed E-state index contributed by atoms with van der Waals surface area (Å²) in [7, 11) is 0. The van der Waals surface area contributed by atoms with Crippen LogP contribution in [-0.4, -0.2) is 38.2 Å². The molecule has 0 amide bonds. The molecule has 0 aromatic carbocycles. The molecule has 172 valence electrons. The molecule has 5 heteroatoms. The minimum atomic E-state index is -1.69. The Labute approximate surface area is 195 Å². The first kappa shape index (κ1) is 22.5. The number of aliphatic hydroxyl groups excluding tert-OH is 1. The van der Waals surface area contributed by atoms with Crippen molar-refractivity contribution < 1.29 is 14.3 Å². The van der Waals surface area contributed by atoms with Gasteiger partial charge < -0.3 is 5.11 Å². The molecule has 0 aromatic rings. The summed E-state index contributed by atoms with van der Waals surface area (Å²) in [6, 6.07) is 0. The topological polar surface area (TPSA) is 37.3 Å². The number of hydrogen-bond acceptors (Lipinski definition) is 4. The first-order valence-electron chi connectivity index (χ1n) is 12.2. The molecule has 0 unspecified atom stereocenters. The first-order chi connectivity index (χ1) is 14.7. The van der Waals surface area contributed by atoms with Crippen LogP contribution < -0.4 is 0 Å². The summed E-state index contributed by atoms with van der Waals surface area (Å²) in [5.74, 6) is 0.0897. The lowest BCUT2D eigenvalue weighted by atomic mass is 9.46. The van der Waals surface area contributed by atoms with Crippen LogP contribution in [0.25, 0.3) is 0 Å². The third kappa shape index (κ3) is 2.97. The van der Waals surface area contributed by atoms with E-state index in [0.29, 0.717) is 11.7 Å². The average molecular weight is 465 g/mol. The molecule has 0 bridgehead atoms. The van der Waals surface area contributed by atoms with Gasteiger partial charge in [-0.2, -0.15) is 0 Å². The predicted octanol–water partition coefficient (Wildman–Crippen LogP) is 6.48. The number of thioether (sulfide) groups is 2. The molecule has 5 aliphatic carbocycles. The molecule has 5 aliphatic rings. The Hall–Kier alpha value is -0.260. The van der Waals surface area contributed by atoms with E-state index in [-0.39, 0.29) is 27.1 Å². The number of ketones is 1. The Bertz CT molecular complexity index is 820. The van der Waals surface area contributed by atoms with E-state index in [0.717, 1.165) is 31.3 Å². The summed E-state index contributed by atoms with van der Waals surface area (Å²) in [5.41, 5.74) is -1.75. The van der Waals surface area contributed by atoms with Crippen LogP contribution >= 0.6 is 23.5 Å². The average Bonchev–Trinajstić information content (AvgIpc) is 3.03. The van der Waals surface area contributed by atoms with E-state index in [2.05, 4.69) is 24.9 Å². The van der Waals surface area contributed by atoms with Crippen molar-refractivity contribution in [3.63, 3.8) is 0 Å². The van der Waals surface area contributed by atoms with Gasteiger partial charge in [0.25, 0.3) is 0 Å². The largest absolute Gasteiger partial charge is 0.390 e. The number of hydrogen-bond donors (Lipinski definition) is 1. The summed E-state index contributed by atoms with van der Waals surface area (Å²) in [5, 5.41) is 12.2. The number of allylic oxidation sites excluding steroid dienone is 4. The Morgan fingerprint density at radius 1 is 1.10 bits per heavy atom. The number of halogens is 1. The number of alkyl halides is 1. The van der Waals surface area contributed by atoms with Crippen LogP contribution in [0.2, 0.25) is 0 Å². The van der Waals surface area contributed by atoms with Crippen LogP contribution in [0.5, 0.6) is 0 Å². The zero-order valence-electron chi connectivity index (χ0n) is 19.2. The third-order valence-electron chi connectivity index (χ3n) is 9.92. The molecule has 0 saturated heterocycles. The number of rotatable bonds is 3. The van der Waals surface area contributed by atoms with E-state index < -0.39 is 17.2 Å². The summed E-state index contributed by atoms with van der Waals surface area (Å²) in [6.45, 7) is 4.29. The van der Waals surface area contributed by atoms with Crippen LogP contribution in [-0.2, 0) is 4.79 Å². The quantitative estimate of drug-likeness (QED) is 0.485. The molecule has 5 rings (SSSR count). The number of fused-ring (bicyclic) bond motifs is 5. The fourth-order valence-electron chi connectivity index (χ4n) is 8.19. The number of aliphatic hydroxyl groups is 1. The maximum absolute atomic E-state index is 17.2. The van der Waals surface area contributed by atoms with E-state index in [1.807, 2.05) is 18.7 Å². The summed E-state index contributed by atoms with van der Waals surface area (Å²) >= 11 is 4.16. The van der Waals surface area contributed by atoms with Crippen LogP contribution in [0.3, 0.4) is 0 Å². The molecule has 0 heterocycles. The standard InChI is InChI=1S/C26H37FO2S2/c1-23-13-11-18(28)15-17(23)9-10-21-20-12-14-25(30-3,31-19-7-5-4-6-8-19)24(20,2)16-22(29)26(21,23)27/h11,13,15,19-22,29H,4-10,12,14,16H2,1-3H3/t20-,21-,22-,23-,24-,25+,26-/m0/s1. The summed E-state index contributed by atoms with van der Waals surface area (Å²) in [4.78, 5) is 12.0. The molecule has 0 aromatic heterocycles. The van der Waals surface area contributed by atoms with Crippen LogP contribution in [0, 0.1) is 22.7 Å². The monoisotopic (exact) mass is 464 g/mol. The zero-order chi connectivity index (χ0) is 22.1. The Balaban J connectivity index is 1.51. The van der Waals surface area contributed by atoms with Crippen molar-refractivity contribution in [2.24, 2.45) is 22.7 Å². The maximum atomic E-state index is 17.2. The van der Waals surface area contributed by atoms with Gasteiger partial charge in [-0.05, 0) is 81.6 Å². The SMILES string of the molecule is CS[C@@]1(SC2CCCCC2)CC[C@H]2[C@@H]3CCC4=CC(=O)C=C[C@]4(C)[C@@]3(F)[C@@H](O)C[C@@]21C. The fraction of sp³-hybridized carbons (Fsp3) is 0.808. The second-order valence-electron chi connectivity index (χ2n) is 11.1. The number of carbonyl (C=O) groups excluding carboxylic acids is 1. The first-order valence-corrected chi connectivity index (χ1v) is 14.3. The van der Waals surface area contributed by atoms with Gasteiger partial charge in [0.05, 0.1) is 10.2 Å². The van der Waals surface area contributed by atoms with Crippen LogP contribution in [0.15, 0.2) is 23.8 Å². The van der Waals surface area contributed by atoms with Gasteiger partial charge in [-0.3, -0.25) is 4.79 Å². The van der Waals surface area contributed by atoms with Crippen molar-refractivity contribution in [3.05, 3.63) is 23.8 Å². The lowest BCUT2D eigenvalue weighted by Crippen LogP contribution is -2.67. The molecule has 4 saturated carbocycles. The molecule has 0 radical (unpaired) electrons. The summed E-state index contributed by atoms with van der Waals surface area (Å²) in [6.07, 6.45) is 17.0. The highest BCUT2D eigenvalue weighted by Crippen LogP contribution is 2.74. The van der Waals surface area contributed by atoms with Crippen molar-refractivity contribution in [3.8, 4) is 0 Å². The second-order valence-corrected chi connectivity index (χ2v) is 14.1. The normalized spacial score (nSPS) is 49.9. The van der Waals surface area contributed by atoms with Gasteiger partial charge in [0, 0.05) is 16.6 Å². The maximum Gasteiger partial charge on any atom is 0.178 e. The van der Waals surface area contributed by atoms with Crippen molar-refractivity contribution >= 4 is 29.3 Å². The minimum absolute atomic E-state index is 0.0455. The molecule has 31 heavy (non-hydrogen) atoms. The molecule has 1 N–H and O–H groups in total. The molecule has 4 fully saturated rings. The molecule has 0 spiro atoms. The van der Waals surface area contributed by atoms with Gasteiger partial charge in [-0.15, -0.1) is 23.5 Å². The van der Waals surface area contributed by atoms with E-state index in [1.165, 1.54) is 38.2 Å². The fourth-order valence-corrected chi connectivity index (χ4v) is 11.9. The molecule has 2 nitrogen and oxygen atoms in total. The van der Waals surface area contributed by atoms with Crippen LogP contribution in [0.4, 0.5) is 4.39 Å². The van der Waals surface area contributed by atoms with Crippen molar-refractivity contribution in [1.82, 2.24) is 0 Å². The van der Waals surface area contributed by atoms with E-state index in [9.17, 15) is 9.90 Å². The van der Waals surface area contributed by atoms with Gasteiger partial charge in [-0.25, -0.2) is 4.39 Å². The van der Waals surface area contributed by atoms with Crippen molar-refractivity contribution in [2.75, 3.05) is 6.26 Å². The molecular weight excluding hydrogens is 427 g/mol. The molecular formula is C26H37FO2S2. The van der Waals surface area contributed by atoms with Gasteiger partial charge in [0.15, 0.2) is 11.5 Å². The lowest BCUT2D eigenvalue weighted by molar-refractivity contribution is -0.189. The van der Waals surface area contributed by atoms with Crippen molar-refractivity contribution in [2.45, 2.75) is 99.2 Å². The highest BCUT2D eigenvalue weighted by molar-refractivity contribution is 8.18. The lowest BCUT2D eigenvalue weighted by Gasteiger charge is -2.63. The van der Waals surface area contributed by atoms with E-state index in [4.69, 9.17) is 0 Å². The molecule has 0 aliphatic heterocycles. The highest BCUT2D eigenvalue weighted by atomic mass is 32.2. The third-order valence-corrected chi connectivity index (χ3v) is 13.9. The van der Waals surface area contributed by atoms with Crippen LogP contribution in [0.1, 0.15) is 78.1 Å². The minimum Gasteiger partial charge on any atom is -0.390 e. The Kier molecular flexibility index (Phi) is 5.54. The smallest absolute Gasteiger partial charge is 0.178 e. The molecule has 7 atom stereocenters. The predicted molar refractivity (Wildman–Crippen MR) is 129 cm³/mol. The van der Waals surface area contributed by atoms with Gasteiger partial charge in [0.1, 0.15) is 0 Å². The summed E-state index contributed by atoms with van der Waals surface area (Å²) < 4.78 is 17.3.